The van der Waals surface area contributed by atoms with Crippen LogP contribution in [-0.2, 0) is 9.53 Å². The third-order valence-corrected chi connectivity index (χ3v) is 7.49. The number of benzene rings is 2. The summed E-state index contributed by atoms with van der Waals surface area (Å²) >= 11 is 4.82. The van der Waals surface area contributed by atoms with Crippen molar-refractivity contribution in [1.82, 2.24) is 4.57 Å². The summed E-state index contributed by atoms with van der Waals surface area (Å²) in [7, 11) is 3.13. The van der Waals surface area contributed by atoms with E-state index in [1.54, 1.807) is 46.3 Å². The number of carbonyl (C=O) groups is 1. The van der Waals surface area contributed by atoms with Gasteiger partial charge in [0.05, 0.1) is 43.2 Å². The van der Waals surface area contributed by atoms with Crippen molar-refractivity contribution in [2.75, 3.05) is 27.4 Å². The van der Waals surface area contributed by atoms with E-state index in [-0.39, 0.29) is 12.2 Å². The van der Waals surface area contributed by atoms with Crippen molar-refractivity contribution >= 4 is 39.3 Å². The molecule has 3 aromatic rings. The maximum absolute atomic E-state index is 13.9. The zero-order chi connectivity index (χ0) is 26.7. The molecule has 1 atom stereocenters. The molecule has 1 aliphatic heterocycles. The second kappa shape index (κ2) is 11.4. The third kappa shape index (κ3) is 5.08. The first-order chi connectivity index (χ1) is 17.8. The molecule has 0 bridgehead atoms. The molecule has 37 heavy (non-hydrogen) atoms. The number of methoxy groups -OCH3 is 2. The van der Waals surface area contributed by atoms with Gasteiger partial charge in [0, 0.05) is 10.0 Å². The summed E-state index contributed by atoms with van der Waals surface area (Å²) in [4.78, 5) is 32.1. The van der Waals surface area contributed by atoms with Crippen molar-refractivity contribution in [1.29, 1.82) is 0 Å². The van der Waals surface area contributed by atoms with E-state index in [0.717, 1.165) is 10.0 Å². The minimum Gasteiger partial charge on any atom is -0.496 e. The molecule has 0 saturated carbocycles. The van der Waals surface area contributed by atoms with Crippen LogP contribution in [-0.4, -0.2) is 38.0 Å². The lowest BCUT2D eigenvalue weighted by Crippen LogP contribution is -2.40. The average Bonchev–Trinajstić information content (AvgIpc) is 3.19. The van der Waals surface area contributed by atoms with Gasteiger partial charge in [-0.25, -0.2) is 9.79 Å². The normalized spacial score (nSPS) is 15.2. The number of para-hydroxylation sites is 1. The van der Waals surface area contributed by atoms with Crippen LogP contribution in [0.1, 0.15) is 37.9 Å². The van der Waals surface area contributed by atoms with Crippen molar-refractivity contribution in [3.05, 3.63) is 83.0 Å². The first-order valence-corrected chi connectivity index (χ1v) is 13.3. The Kier molecular flexibility index (Phi) is 8.19. The predicted molar refractivity (Wildman–Crippen MR) is 145 cm³/mol. The van der Waals surface area contributed by atoms with Gasteiger partial charge < -0.3 is 18.9 Å². The SMILES string of the molecule is CCOC(=O)C1=C(C)N=c2s/c(=C\c3cc(OCC)c(OC)cc3Br)c(=O)n2[C@@H]1c1ccccc1OC. The summed E-state index contributed by atoms with van der Waals surface area (Å²) in [5, 5.41) is 0. The van der Waals surface area contributed by atoms with Crippen LogP contribution in [0.2, 0.25) is 0 Å². The molecule has 0 aliphatic carbocycles. The average molecular weight is 587 g/mol. The van der Waals surface area contributed by atoms with Crippen LogP contribution in [0.5, 0.6) is 17.2 Å². The Morgan fingerprint density at radius 2 is 1.84 bits per heavy atom. The quantitative estimate of drug-likeness (QED) is 0.371. The topological polar surface area (TPSA) is 88.4 Å². The van der Waals surface area contributed by atoms with Crippen LogP contribution < -0.4 is 29.1 Å². The Balaban J connectivity index is 1.97. The van der Waals surface area contributed by atoms with E-state index in [0.29, 0.717) is 50.0 Å². The number of aromatic nitrogens is 1. The monoisotopic (exact) mass is 586 g/mol. The molecule has 0 N–H and O–H groups in total. The highest BCUT2D eigenvalue weighted by Gasteiger charge is 2.35. The van der Waals surface area contributed by atoms with E-state index in [1.807, 2.05) is 31.2 Å². The Morgan fingerprint density at radius 3 is 2.51 bits per heavy atom. The molecule has 0 fully saturated rings. The lowest BCUT2D eigenvalue weighted by Gasteiger charge is -2.25. The molecule has 0 saturated heterocycles. The van der Waals surface area contributed by atoms with Crippen molar-refractivity contribution in [3.8, 4) is 17.2 Å². The number of carbonyl (C=O) groups excluding carboxylic acids is 1. The largest absolute Gasteiger partial charge is 0.496 e. The Bertz CT molecular complexity index is 1560. The molecule has 0 amide bonds. The zero-order valence-electron chi connectivity index (χ0n) is 21.2. The maximum Gasteiger partial charge on any atom is 0.338 e. The molecule has 1 aliphatic rings. The molecule has 10 heteroatoms. The first-order valence-electron chi connectivity index (χ1n) is 11.7. The van der Waals surface area contributed by atoms with Gasteiger partial charge in [-0.3, -0.25) is 9.36 Å². The Hall–Kier alpha value is -3.37. The van der Waals surface area contributed by atoms with Crippen LogP contribution >= 0.6 is 27.3 Å². The number of halogens is 1. The highest BCUT2D eigenvalue weighted by molar-refractivity contribution is 9.10. The molecule has 0 radical (unpaired) electrons. The Morgan fingerprint density at radius 1 is 1.11 bits per heavy atom. The highest BCUT2D eigenvalue weighted by Crippen LogP contribution is 2.36. The van der Waals surface area contributed by atoms with Gasteiger partial charge in [0.2, 0.25) is 0 Å². The van der Waals surface area contributed by atoms with E-state index in [9.17, 15) is 9.59 Å². The van der Waals surface area contributed by atoms with Gasteiger partial charge in [-0.05, 0) is 50.6 Å². The van der Waals surface area contributed by atoms with Crippen molar-refractivity contribution in [2.45, 2.75) is 26.8 Å². The molecule has 0 unspecified atom stereocenters. The van der Waals surface area contributed by atoms with Gasteiger partial charge in [0.1, 0.15) is 11.8 Å². The lowest BCUT2D eigenvalue weighted by molar-refractivity contribution is -0.139. The molecule has 0 spiro atoms. The summed E-state index contributed by atoms with van der Waals surface area (Å²) < 4.78 is 24.8. The van der Waals surface area contributed by atoms with Crippen molar-refractivity contribution in [3.63, 3.8) is 0 Å². The summed E-state index contributed by atoms with van der Waals surface area (Å²) in [5.74, 6) is 1.18. The van der Waals surface area contributed by atoms with Gasteiger partial charge in [-0.2, -0.15) is 0 Å². The standard InChI is InChI=1S/C27H27BrN2O6S/c1-6-35-21-12-16(18(28)14-20(21)34-5)13-22-25(31)30-24(17-10-8-9-11-19(17)33-4)23(26(32)36-7-2)15(3)29-27(30)37-22/h8-14,24H,6-7H2,1-5H3/b22-13-/t24-/m1/s1. The van der Waals surface area contributed by atoms with Gasteiger partial charge in [-0.15, -0.1) is 0 Å². The molecule has 2 heterocycles. The fourth-order valence-electron chi connectivity index (χ4n) is 4.21. The second-order valence-electron chi connectivity index (χ2n) is 8.00. The fourth-order valence-corrected chi connectivity index (χ4v) is 5.68. The van der Waals surface area contributed by atoms with Crippen LogP contribution in [0.15, 0.2) is 61.9 Å². The van der Waals surface area contributed by atoms with E-state index >= 15 is 0 Å². The van der Waals surface area contributed by atoms with Crippen LogP contribution in [0, 0.1) is 0 Å². The molecule has 1 aromatic heterocycles. The summed E-state index contributed by atoms with van der Waals surface area (Å²) in [6.45, 7) is 6.05. The van der Waals surface area contributed by atoms with Gasteiger partial charge in [-0.1, -0.05) is 45.5 Å². The van der Waals surface area contributed by atoms with Gasteiger partial charge in [0.25, 0.3) is 5.56 Å². The lowest BCUT2D eigenvalue weighted by atomic mass is 9.95. The summed E-state index contributed by atoms with van der Waals surface area (Å²) in [5.41, 5.74) is 1.92. The van der Waals surface area contributed by atoms with E-state index in [1.165, 1.54) is 15.9 Å². The number of ether oxygens (including phenoxy) is 4. The van der Waals surface area contributed by atoms with Crippen molar-refractivity contribution < 1.29 is 23.7 Å². The maximum atomic E-state index is 13.9. The van der Waals surface area contributed by atoms with E-state index in [2.05, 4.69) is 20.9 Å². The van der Waals surface area contributed by atoms with Crippen LogP contribution in [0.3, 0.4) is 0 Å². The molecule has 4 rings (SSSR count). The van der Waals surface area contributed by atoms with Gasteiger partial charge >= 0.3 is 5.97 Å². The molecule has 194 valence electrons. The van der Waals surface area contributed by atoms with Gasteiger partial charge in [0.15, 0.2) is 16.3 Å². The molecular formula is C27H27BrN2O6S. The number of nitrogens with zero attached hydrogens (tertiary/aromatic N) is 2. The Labute approximate surface area is 226 Å². The minimum absolute atomic E-state index is 0.201. The predicted octanol–water partition coefficient (Wildman–Crippen LogP) is 3.98. The number of hydrogen-bond donors (Lipinski definition) is 0. The zero-order valence-corrected chi connectivity index (χ0v) is 23.6. The number of allylic oxidation sites excluding steroid dienone is 1. The number of thiazole rings is 1. The van der Waals surface area contributed by atoms with E-state index in [4.69, 9.17) is 18.9 Å². The second-order valence-corrected chi connectivity index (χ2v) is 9.87. The summed E-state index contributed by atoms with van der Waals surface area (Å²) in [6, 6.07) is 10.2. The highest BCUT2D eigenvalue weighted by atomic mass is 79.9. The van der Waals surface area contributed by atoms with Crippen LogP contribution in [0.4, 0.5) is 0 Å². The molecule has 2 aromatic carbocycles. The van der Waals surface area contributed by atoms with Crippen molar-refractivity contribution in [2.24, 2.45) is 4.99 Å². The fraction of sp³-hybridized carbons (Fsp3) is 0.296. The van der Waals surface area contributed by atoms with Crippen LogP contribution in [0.25, 0.3) is 6.08 Å². The molecular weight excluding hydrogens is 560 g/mol. The third-order valence-electron chi connectivity index (χ3n) is 5.82. The number of hydrogen-bond acceptors (Lipinski definition) is 8. The number of fused-ring (bicyclic) bond motifs is 1. The number of esters is 1. The minimum atomic E-state index is -0.758. The smallest absolute Gasteiger partial charge is 0.338 e. The molecule has 8 nitrogen and oxygen atoms in total. The number of rotatable bonds is 8. The first kappa shape index (κ1) is 26.7. The van der Waals surface area contributed by atoms with E-state index < -0.39 is 12.0 Å². The summed E-state index contributed by atoms with van der Waals surface area (Å²) in [6.07, 6.45) is 1.78.